The maximum atomic E-state index is 15.4. The molecule has 0 saturated carbocycles. The van der Waals surface area contributed by atoms with Crippen molar-refractivity contribution in [1.82, 2.24) is 9.88 Å². The number of nitrogens with zero attached hydrogens (tertiary/aromatic N) is 2. The first-order valence-corrected chi connectivity index (χ1v) is 9.78. The van der Waals surface area contributed by atoms with Crippen molar-refractivity contribution in [2.75, 3.05) is 25.0 Å². The van der Waals surface area contributed by atoms with Crippen LogP contribution in [-0.2, 0) is 18.3 Å². The van der Waals surface area contributed by atoms with Gasteiger partial charge in [0.15, 0.2) is 5.67 Å². The zero-order valence-corrected chi connectivity index (χ0v) is 16.9. The Kier molecular flexibility index (Phi) is 6.70. The molecule has 2 N–H and O–H groups in total. The van der Waals surface area contributed by atoms with E-state index in [1.54, 1.807) is 6.07 Å². The van der Waals surface area contributed by atoms with Crippen molar-refractivity contribution < 1.29 is 31.9 Å². The molecule has 1 fully saturated rings. The number of nitrogens with one attached hydrogen (secondary N) is 1. The third-order valence-corrected chi connectivity index (χ3v) is 5.38. The SMILES string of the molecule is O=C(Nc1ccc(C(F)(F)F)c(F)c1)N1CCC(F)(c2ncc(CCO)cc2Cl)CC1. The number of likely N-dealkylation sites (tertiary alicyclic amines) is 1. The minimum Gasteiger partial charge on any atom is -0.396 e. The lowest BCUT2D eigenvalue weighted by atomic mass is 9.89. The summed E-state index contributed by atoms with van der Waals surface area (Å²) in [6.45, 7) is -0.0886. The second-order valence-electron chi connectivity index (χ2n) is 7.22. The van der Waals surface area contributed by atoms with Crippen LogP contribution in [0.2, 0.25) is 5.02 Å². The van der Waals surface area contributed by atoms with Gasteiger partial charge in [0.2, 0.25) is 0 Å². The van der Waals surface area contributed by atoms with Crippen LogP contribution in [0.15, 0.2) is 30.5 Å². The zero-order chi connectivity index (χ0) is 22.8. The smallest absolute Gasteiger partial charge is 0.396 e. The number of carbonyl (C=O) groups is 1. The molecular weight excluding hydrogens is 445 g/mol. The molecule has 0 bridgehead atoms. The summed E-state index contributed by atoms with van der Waals surface area (Å²) in [5, 5.41) is 11.4. The van der Waals surface area contributed by atoms with Crippen molar-refractivity contribution in [3.05, 3.63) is 58.1 Å². The molecular formula is C20H19ClF5N3O2. The first kappa shape index (κ1) is 23.2. The van der Waals surface area contributed by atoms with Crippen molar-refractivity contribution in [2.24, 2.45) is 0 Å². The highest BCUT2D eigenvalue weighted by molar-refractivity contribution is 6.31. The van der Waals surface area contributed by atoms with Crippen molar-refractivity contribution in [3.8, 4) is 0 Å². The summed E-state index contributed by atoms with van der Waals surface area (Å²) >= 11 is 6.16. The van der Waals surface area contributed by atoms with Gasteiger partial charge in [-0.05, 0) is 36.2 Å². The van der Waals surface area contributed by atoms with Crippen molar-refractivity contribution >= 4 is 23.3 Å². The molecule has 0 aliphatic carbocycles. The van der Waals surface area contributed by atoms with E-state index in [2.05, 4.69) is 10.3 Å². The summed E-state index contributed by atoms with van der Waals surface area (Å²) < 4.78 is 67.0. The third kappa shape index (κ3) is 5.24. The Hall–Kier alpha value is -2.46. The highest BCUT2D eigenvalue weighted by atomic mass is 35.5. The van der Waals surface area contributed by atoms with Crippen LogP contribution < -0.4 is 5.32 Å². The zero-order valence-electron chi connectivity index (χ0n) is 16.1. The number of pyridine rings is 1. The summed E-state index contributed by atoms with van der Waals surface area (Å²) in [6.07, 6.45) is -3.24. The van der Waals surface area contributed by atoms with Crippen molar-refractivity contribution in [2.45, 2.75) is 31.1 Å². The molecule has 2 heterocycles. The number of hydrogen-bond acceptors (Lipinski definition) is 3. The number of anilines is 1. The predicted molar refractivity (Wildman–Crippen MR) is 104 cm³/mol. The van der Waals surface area contributed by atoms with Crippen LogP contribution in [0.1, 0.15) is 29.7 Å². The summed E-state index contributed by atoms with van der Waals surface area (Å²) in [4.78, 5) is 17.8. The first-order valence-electron chi connectivity index (χ1n) is 9.41. The standard InChI is InChI=1S/C20H19ClF5N3O2/c21-15-9-12(3-8-30)11-27-17(15)19(23)4-6-29(7-5-19)18(31)28-13-1-2-14(16(22)10-13)20(24,25)26/h1-2,9-11,30H,3-8H2,(H,28,31). The fourth-order valence-corrected chi connectivity index (χ4v) is 3.76. The molecule has 5 nitrogen and oxygen atoms in total. The number of piperidine rings is 1. The average molecular weight is 464 g/mol. The lowest BCUT2D eigenvalue weighted by molar-refractivity contribution is -0.139. The molecule has 1 aromatic heterocycles. The fraction of sp³-hybridized carbons (Fsp3) is 0.400. The predicted octanol–water partition coefficient (Wildman–Crippen LogP) is 4.92. The van der Waals surface area contributed by atoms with Crippen LogP contribution >= 0.6 is 11.6 Å². The number of aromatic nitrogens is 1. The number of amides is 2. The van der Waals surface area contributed by atoms with Crippen LogP contribution in [0.5, 0.6) is 0 Å². The summed E-state index contributed by atoms with van der Waals surface area (Å²) in [7, 11) is 0. The highest BCUT2D eigenvalue weighted by Gasteiger charge is 2.40. The lowest BCUT2D eigenvalue weighted by Crippen LogP contribution is -2.45. The maximum absolute atomic E-state index is 15.4. The summed E-state index contributed by atoms with van der Waals surface area (Å²) in [5.41, 5.74) is -2.70. The summed E-state index contributed by atoms with van der Waals surface area (Å²) in [5.74, 6) is -1.50. The maximum Gasteiger partial charge on any atom is 0.419 e. The van der Waals surface area contributed by atoms with Crippen molar-refractivity contribution in [3.63, 3.8) is 0 Å². The number of aliphatic hydroxyl groups is 1. The molecule has 0 radical (unpaired) electrons. The Labute approximate surface area is 179 Å². The lowest BCUT2D eigenvalue weighted by Gasteiger charge is -2.36. The van der Waals surface area contributed by atoms with Gasteiger partial charge in [0.25, 0.3) is 0 Å². The van der Waals surface area contributed by atoms with Crippen LogP contribution in [0.25, 0.3) is 0 Å². The number of halogens is 6. The van der Waals surface area contributed by atoms with E-state index in [4.69, 9.17) is 16.7 Å². The Morgan fingerprint density at radius 2 is 1.94 bits per heavy atom. The Balaban J connectivity index is 1.64. The van der Waals surface area contributed by atoms with Crippen LogP contribution in [-0.4, -0.2) is 40.7 Å². The number of alkyl halides is 4. The van der Waals surface area contributed by atoms with Crippen LogP contribution in [0.4, 0.5) is 32.4 Å². The minimum absolute atomic E-state index is 0.00184. The topological polar surface area (TPSA) is 65.5 Å². The molecule has 3 rings (SSSR count). The third-order valence-electron chi connectivity index (χ3n) is 5.09. The molecule has 11 heteroatoms. The number of rotatable bonds is 4. The first-order chi connectivity index (χ1) is 14.5. The molecule has 0 spiro atoms. The highest BCUT2D eigenvalue weighted by Crippen LogP contribution is 2.39. The number of urea groups is 1. The Bertz CT molecular complexity index is 962. The number of benzene rings is 1. The van der Waals surface area contributed by atoms with E-state index >= 15 is 4.39 Å². The van der Waals surface area contributed by atoms with Gasteiger partial charge in [-0.1, -0.05) is 11.6 Å². The van der Waals surface area contributed by atoms with Gasteiger partial charge in [0.05, 0.1) is 16.3 Å². The molecule has 0 unspecified atom stereocenters. The molecule has 2 amide bonds. The van der Waals surface area contributed by atoms with E-state index in [1.165, 1.54) is 11.1 Å². The van der Waals surface area contributed by atoms with Gasteiger partial charge in [-0.3, -0.25) is 4.98 Å². The van der Waals surface area contributed by atoms with Gasteiger partial charge < -0.3 is 15.3 Å². The Morgan fingerprint density at radius 1 is 1.26 bits per heavy atom. The van der Waals surface area contributed by atoms with E-state index in [0.29, 0.717) is 24.1 Å². The molecule has 31 heavy (non-hydrogen) atoms. The number of hydrogen-bond donors (Lipinski definition) is 2. The number of aliphatic hydroxyl groups excluding tert-OH is 1. The minimum atomic E-state index is -4.84. The second kappa shape index (κ2) is 8.96. The van der Waals surface area contributed by atoms with Gasteiger partial charge in [-0.15, -0.1) is 0 Å². The molecule has 1 aliphatic heterocycles. The van der Waals surface area contributed by atoms with E-state index in [0.717, 1.165) is 6.07 Å². The van der Waals surface area contributed by atoms with Crippen LogP contribution in [0.3, 0.4) is 0 Å². The normalized spacial score (nSPS) is 16.3. The Morgan fingerprint density at radius 3 is 2.48 bits per heavy atom. The molecule has 1 saturated heterocycles. The second-order valence-corrected chi connectivity index (χ2v) is 7.63. The molecule has 0 atom stereocenters. The van der Waals surface area contributed by atoms with Gasteiger partial charge in [0.1, 0.15) is 5.82 Å². The van der Waals surface area contributed by atoms with E-state index in [1.807, 2.05) is 0 Å². The molecule has 1 aliphatic rings. The van der Waals surface area contributed by atoms with Gasteiger partial charge in [0, 0.05) is 44.4 Å². The van der Waals surface area contributed by atoms with Gasteiger partial charge in [-0.25, -0.2) is 13.6 Å². The van der Waals surface area contributed by atoms with Crippen molar-refractivity contribution in [1.29, 1.82) is 0 Å². The summed E-state index contributed by atoms with van der Waals surface area (Å²) in [6, 6.07) is 2.94. The van der Waals surface area contributed by atoms with Gasteiger partial charge >= 0.3 is 12.2 Å². The molecule has 2 aromatic rings. The largest absolute Gasteiger partial charge is 0.419 e. The molecule has 168 valence electrons. The fourth-order valence-electron chi connectivity index (χ4n) is 3.40. The van der Waals surface area contributed by atoms with Crippen LogP contribution in [0, 0.1) is 5.82 Å². The quantitative estimate of drug-likeness (QED) is 0.632. The number of carbonyl (C=O) groups excluding carboxylic acids is 1. The van der Waals surface area contributed by atoms with E-state index < -0.39 is 29.3 Å². The van der Waals surface area contributed by atoms with E-state index in [-0.39, 0.29) is 48.9 Å². The monoisotopic (exact) mass is 463 g/mol. The van der Waals surface area contributed by atoms with Gasteiger partial charge in [-0.2, -0.15) is 13.2 Å². The van der Waals surface area contributed by atoms with E-state index in [9.17, 15) is 22.4 Å². The average Bonchev–Trinajstić information content (AvgIpc) is 2.67. The molecule has 1 aromatic carbocycles.